The maximum absolute atomic E-state index is 12.3. The minimum absolute atomic E-state index is 0.0841. The van der Waals surface area contributed by atoms with Crippen LogP contribution in [-0.2, 0) is 24.2 Å². The first-order valence-corrected chi connectivity index (χ1v) is 7.64. The van der Waals surface area contributed by atoms with Crippen LogP contribution < -0.4 is 10.1 Å². The molecule has 1 atom stereocenters. The van der Waals surface area contributed by atoms with E-state index in [0.29, 0.717) is 13.0 Å². The van der Waals surface area contributed by atoms with E-state index >= 15 is 0 Å². The van der Waals surface area contributed by atoms with E-state index in [1.807, 2.05) is 19.1 Å². The lowest BCUT2D eigenvalue weighted by Crippen LogP contribution is -2.37. The van der Waals surface area contributed by atoms with Gasteiger partial charge in [0.15, 0.2) is 6.10 Å². The van der Waals surface area contributed by atoms with Crippen molar-refractivity contribution in [3.8, 4) is 5.75 Å². The van der Waals surface area contributed by atoms with Gasteiger partial charge in [-0.2, -0.15) is 5.10 Å². The van der Waals surface area contributed by atoms with Gasteiger partial charge in [0.25, 0.3) is 5.91 Å². The van der Waals surface area contributed by atoms with Gasteiger partial charge in [0.2, 0.25) is 0 Å². The number of rotatable bonds is 4. The lowest BCUT2D eigenvalue weighted by atomic mass is 10.0. The molecule has 1 aromatic carbocycles. The summed E-state index contributed by atoms with van der Waals surface area (Å²) in [6.07, 6.45) is 1.07. The van der Waals surface area contributed by atoms with Gasteiger partial charge in [0, 0.05) is 6.42 Å². The Morgan fingerprint density at radius 3 is 2.86 bits per heavy atom. The Morgan fingerprint density at radius 1 is 1.36 bits per heavy atom. The maximum atomic E-state index is 12.3. The molecule has 0 spiro atoms. The van der Waals surface area contributed by atoms with Crippen LogP contribution in [0.2, 0.25) is 0 Å². The molecule has 1 aromatic heterocycles. The molecule has 0 fully saturated rings. The highest BCUT2D eigenvalue weighted by Gasteiger charge is 2.29. The van der Waals surface area contributed by atoms with E-state index in [0.717, 1.165) is 29.1 Å². The number of carbonyl (C=O) groups is 1. The highest BCUT2D eigenvalue weighted by Crippen LogP contribution is 2.31. The molecule has 116 valence electrons. The van der Waals surface area contributed by atoms with Gasteiger partial charge in [0.1, 0.15) is 5.75 Å². The third-order valence-electron chi connectivity index (χ3n) is 4.14. The number of carbonyl (C=O) groups excluding carboxylic acids is 1. The van der Waals surface area contributed by atoms with Gasteiger partial charge in [-0.15, -0.1) is 0 Å². The summed E-state index contributed by atoms with van der Waals surface area (Å²) in [5.41, 5.74) is 5.43. The van der Waals surface area contributed by atoms with Gasteiger partial charge in [-0.3, -0.25) is 9.89 Å². The van der Waals surface area contributed by atoms with Crippen LogP contribution in [0.15, 0.2) is 18.2 Å². The van der Waals surface area contributed by atoms with Gasteiger partial charge < -0.3 is 10.1 Å². The molecule has 5 nitrogen and oxygen atoms in total. The number of fused-ring (bicyclic) bond motifs is 1. The molecule has 2 N–H and O–H groups in total. The molecule has 0 saturated carbocycles. The zero-order chi connectivity index (χ0) is 15.7. The number of aromatic nitrogens is 2. The molecule has 1 aliphatic rings. The predicted octanol–water partition coefficient (Wildman–Crippen LogP) is 2.21. The summed E-state index contributed by atoms with van der Waals surface area (Å²) < 4.78 is 5.78. The van der Waals surface area contributed by atoms with Crippen LogP contribution >= 0.6 is 0 Å². The maximum Gasteiger partial charge on any atom is 0.261 e. The number of benzene rings is 1. The standard InChI is InChI=1S/C17H21N3O2/c1-4-13-8-14(20-19-13)9-18-17(21)16-7-12-5-10(2)11(3)6-15(12)22-16/h5-6,8,16H,4,7,9H2,1-3H3,(H,18,21)(H,19,20). The average Bonchev–Trinajstić information content (AvgIpc) is 3.11. The Labute approximate surface area is 130 Å². The third-order valence-corrected chi connectivity index (χ3v) is 4.14. The number of aromatic amines is 1. The van der Waals surface area contributed by atoms with Crippen LogP contribution in [0, 0.1) is 13.8 Å². The second-order valence-corrected chi connectivity index (χ2v) is 5.81. The van der Waals surface area contributed by atoms with Crippen molar-refractivity contribution >= 4 is 5.91 Å². The second kappa shape index (κ2) is 5.83. The summed E-state index contributed by atoms with van der Waals surface area (Å²) >= 11 is 0. The topological polar surface area (TPSA) is 67.0 Å². The first kappa shape index (κ1) is 14.6. The van der Waals surface area contributed by atoms with Crippen molar-refractivity contribution in [2.75, 3.05) is 0 Å². The lowest BCUT2D eigenvalue weighted by molar-refractivity contribution is -0.127. The zero-order valence-corrected chi connectivity index (χ0v) is 13.2. The Kier molecular flexibility index (Phi) is 3.88. The summed E-state index contributed by atoms with van der Waals surface area (Å²) in [6.45, 7) is 6.62. The minimum Gasteiger partial charge on any atom is -0.480 e. The van der Waals surface area contributed by atoms with E-state index < -0.39 is 6.10 Å². The molecule has 2 heterocycles. The summed E-state index contributed by atoms with van der Waals surface area (Å²) in [5, 5.41) is 9.99. The Balaban J connectivity index is 1.60. The van der Waals surface area contributed by atoms with Crippen LogP contribution in [-0.4, -0.2) is 22.2 Å². The van der Waals surface area contributed by atoms with Gasteiger partial charge >= 0.3 is 0 Å². The molecule has 0 saturated heterocycles. The quantitative estimate of drug-likeness (QED) is 0.909. The first-order chi connectivity index (χ1) is 10.6. The second-order valence-electron chi connectivity index (χ2n) is 5.81. The van der Waals surface area contributed by atoms with Crippen molar-refractivity contribution in [2.45, 2.75) is 46.3 Å². The Bertz CT molecular complexity index is 675. The number of amides is 1. The van der Waals surface area contributed by atoms with Gasteiger partial charge in [-0.05, 0) is 49.1 Å². The molecule has 5 heteroatoms. The first-order valence-electron chi connectivity index (χ1n) is 7.64. The zero-order valence-electron chi connectivity index (χ0n) is 13.2. The van der Waals surface area contributed by atoms with E-state index in [4.69, 9.17) is 4.74 Å². The lowest BCUT2D eigenvalue weighted by Gasteiger charge is -2.10. The summed E-state index contributed by atoms with van der Waals surface area (Å²) in [5.74, 6) is 0.747. The van der Waals surface area contributed by atoms with Crippen molar-refractivity contribution in [3.63, 3.8) is 0 Å². The van der Waals surface area contributed by atoms with Crippen LogP contribution in [0.5, 0.6) is 5.75 Å². The summed E-state index contributed by atoms with van der Waals surface area (Å²) in [4.78, 5) is 12.3. The molecular weight excluding hydrogens is 278 g/mol. The van der Waals surface area contributed by atoms with Crippen LogP contribution in [0.4, 0.5) is 0 Å². The fourth-order valence-corrected chi connectivity index (χ4v) is 2.64. The SMILES string of the molecule is CCc1cc(CNC(=O)C2Cc3cc(C)c(C)cc3O2)[nH]n1. The monoisotopic (exact) mass is 299 g/mol. The molecule has 1 unspecified atom stereocenters. The highest BCUT2D eigenvalue weighted by molar-refractivity contribution is 5.82. The smallest absolute Gasteiger partial charge is 0.261 e. The number of hydrogen-bond donors (Lipinski definition) is 2. The van der Waals surface area contributed by atoms with E-state index in [-0.39, 0.29) is 5.91 Å². The van der Waals surface area contributed by atoms with Gasteiger partial charge in [0.05, 0.1) is 17.9 Å². The van der Waals surface area contributed by atoms with Crippen molar-refractivity contribution in [2.24, 2.45) is 0 Å². The molecule has 0 aliphatic carbocycles. The summed E-state index contributed by atoms with van der Waals surface area (Å²) in [6, 6.07) is 6.10. The van der Waals surface area contributed by atoms with E-state index in [1.54, 1.807) is 0 Å². The summed E-state index contributed by atoms with van der Waals surface area (Å²) in [7, 11) is 0. The molecule has 0 bridgehead atoms. The van der Waals surface area contributed by atoms with Crippen molar-refractivity contribution < 1.29 is 9.53 Å². The molecule has 3 rings (SSSR count). The molecule has 1 amide bonds. The van der Waals surface area contributed by atoms with Crippen LogP contribution in [0.25, 0.3) is 0 Å². The van der Waals surface area contributed by atoms with Crippen molar-refractivity contribution in [1.82, 2.24) is 15.5 Å². The largest absolute Gasteiger partial charge is 0.480 e. The minimum atomic E-state index is -0.440. The number of nitrogens with one attached hydrogen (secondary N) is 2. The number of ether oxygens (including phenoxy) is 1. The average molecular weight is 299 g/mol. The fourth-order valence-electron chi connectivity index (χ4n) is 2.64. The van der Waals surface area contributed by atoms with Crippen LogP contribution in [0.3, 0.4) is 0 Å². The molecule has 0 radical (unpaired) electrons. The van der Waals surface area contributed by atoms with E-state index in [1.165, 1.54) is 11.1 Å². The van der Waals surface area contributed by atoms with Crippen molar-refractivity contribution in [1.29, 1.82) is 0 Å². The van der Waals surface area contributed by atoms with Crippen molar-refractivity contribution in [3.05, 3.63) is 46.3 Å². The van der Waals surface area contributed by atoms with E-state index in [9.17, 15) is 4.79 Å². The Hall–Kier alpha value is -2.30. The molecule has 1 aliphatic heterocycles. The molecular formula is C17H21N3O2. The number of H-pyrrole nitrogens is 1. The third kappa shape index (κ3) is 2.84. The predicted molar refractivity (Wildman–Crippen MR) is 83.8 cm³/mol. The number of aryl methyl sites for hydroxylation is 3. The molecule has 2 aromatic rings. The fraction of sp³-hybridized carbons (Fsp3) is 0.412. The highest BCUT2D eigenvalue weighted by atomic mass is 16.5. The number of hydrogen-bond acceptors (Lipinski definition) is 3. The van der Waals surface area contributed by atoms with Gasteiger partial charge in [-0.25, -0.2) is 0 Å². The molecule has 22 heavy (non-hydrogen) atoms. The Morgan fingerprint density at radius 2 is 2.14 bits per heavy atom. The van der Waals surface area contributed by atoms with Gasteiger partial charge in [-0.1, -0.05) is 13.0 Å². The normalized spacial score (nSPS) is 16.2. The van der Waals surface area contributed by atoms with Crippen LogP contribution in [0.1, 0.15) is 35.0 Å². The number of nitrogens with zero attached hydrogens (tertiary/aromatic N) is 1. The van der Waals surface area contributed by atoms with E-state index in [2.05, 4.69) is 35.4 Å².